The van der Waals surface area contributed by atoms with Gasteiger partial charge in [-0.3, -0.25) is 0 Å². The zero-order chi connectivity index (χ0) is 14.6. The molecule has 4 heteroatoms. The molecular formula is C16H28N4. The van der Waals surface area contributed by atoms with E-state index in [2.05, 4.69) is 48.3 Å². The van der Waals surface area contributed by atoms with Crippen LogP contribution in [0.1, 0.15) is 58.4 Å². The van der Waals surface area contributed by atoms with Crippen LogP contribution in [0.15, 0.2) is 6.33 Å². The third kappa shape index (κ3) is 3.41. The third-order valence-corrected chi connectivity index (χ3v) is 4.44. The predicted molar refractivity (Wildman–Crippen MR) is 85.2 cm³/mol. The molecule has 1 fully saturated rings. The van der Waals surface area contributed by atoms with Crippen LogP contribution in [0.5, 0.6) is 0 Å². The van der Waals surface area contributed by atoms with Gasteiger partial charge in [-0.15, -0.1) is 0 Å². The lowest BCUT2D eigenvalue weighted by atomic mass is 9.73. The van der Waals surface area contributed by atoms with Crippen molar-refractivity contribution < 1.29 is 0 Å². The van der Waals surface area contributed by atoms with E-state index < -0.39 is 0 Å². The standard InChI is InChI=1S/C16H28N4/c1-5-10-17-14-12(2)15(19-11-18-14)20-13-8-6-7-9-16(13,3)4/h11,13H,5-10H2,1-4H3,(H2,17,18,19,20). The summed E-state index contributed by atoms with van der Waals surface area (Å²) in [5, 5.41) is 7.03. The van der Waals surface area contributed by atoms with E-state index in [0.717, 1.165) is 30.2 Å². The molecule has 1 saturated carbocycles. The third-order valence-electron chi connectivity index (χ3n) is 4.44. The monoisotopic (exact) mass is 276 g/mol. The van der Waals surface area contributed by atoms with Crippen LogP contribution in [0, 0.1) is 12.3 Å². The maximum Gasteiger partial charge on any atom is 0.134 e. The summed E-state index contributed by atoms with van der Waals surface area (Å²) in [4.78, 5) is 8.79. The highest BCUT2D eigenvalue weighted by Gasteiger charge is 2.32. The molecule has 0 aliphatic heterocycles. The molecule has 2 N–H and O–H groups in total. The number of hydrogen-bond donors (Lipinski definition) is 2. The van der Waals surface area contributed by atoms with Crippen molar-refractivity contribution >= 4 is 11.6 Å². The summed E-state index contributed by atoms with van der Waals surface area (Å²) in [7, 11) is 0. The van der Waals surface area contributed by atoms with Crippen LogP contribution in [-0.4, -0.2) is 22.6 Å². The minimum absolute atomic E-state index is 0.340. The van der Waals surface area contributed by atoms with Gasteiger partial charge in [-0.25, -0.2) is 9.97 Å². The molecular weight excluding hydrogens is 248 g/mol. The predicted octanol–water partition coefficient (Wildman–Crippen LogP) is 3.99. The molecule has 4 nitrogen and oxygen atoms in total. The quantitative estimate of drug-likeness (QED) is 0.854. The minimum Gasteiger partial charge on any atom is -0.370 e. The first kappa shape index (κ1) is 15.1. The van der Waals surface area contributed by atoms with Crippen molar-refractivity contribution in [1.82, 2.24) is 9.97 Å². The van der Waals surface area contributed by atoms with Gasteiger partial charge in [0.15, 0.2) is 0 Å². The van der Waals surface area contributed by atoms with Crippen LogP contribution in [-0.2, 0) is 0 Å². The van der Waals surface area contributed by atoms with Gasteiger partial charge in [-0.1, -0.05) is 33.6 Å². The van der Waals surface area contributed by atoms with Gasteiger partial charge >= 0.3 is 0 Å². The first-order chi connectivity index (χ1) is 9.54. The van der Waals surface area contributed by atoms with Crippen LogP contribution in [0.4, 0.5) is 11.6 Å². The van der Waals surface area contributed by atoms with E-state index in [-0.39, 0.29) is 0 Å². The van der Waals surface area contributed by atoms with Crippen LogP contribution >= 0.6 is 0 Å². The van der Waals surface area contributed by atoms with Gasteiger partial charge in [0.1, 0.15) is 18.0 Å². The molecule has 112 valence electrons. The van der Waals surface area contributed by atoms with E-state index >= 15 is 0 Å². The second-order valence-corrected chi connectivity index (χ2v) is 6.55. The maximum absolute atomic E-state index is 4.44. The fourth-order valence-corrected chi connectivity index (χ4v) is 2.94. The molecule has 0 spiro atoms. The molecule has 1 aromatic rings. The zero-order valence-electron chi connectivity index (χ0n) is 13.3. The highest BCUT2D eigenvalue weighted by atomic mass is 15.1. The Kier molecular flexibility index (Phi) is 4.84. The van der Waals surface area contributed by atoms with Crippen molar-refractivity contribution in [1.29, 1.82) is 0 Å². The molecule has 20 heavy (non-hydrogen) atoms. The summed E-state index contributed by atoms with van der Waals surface area (Å²) >= 11 is 0. The average Bonchev–Trinajstić information content (AvgIpc) is 2.42. The Hall–Kier alpha value is -1.32. The molecule has 1 unspecified atom stereocenters. The highest BCUT2D eigenvalue weighted by molar-refractivity contribution is 5.56. The van der Waals surface area contributed by atoms with E-state index in [1.54, 1.807) is 6.33 Å². The van der Waals surface area contributed by atoms with Gasteiger partial charge in [0, 0.05) is 18.2 Å². The van der Waals surface area contributed by atoms with E-state index in [9.17, 15) is 0 Å². The Balaban J connectivity index is 2.12. The lowest BCUT2D eigenvalue weighted by Crippen LogP contribution is -2.39. The van der Waals surface area contributed by atoms with E-state index in [1.807, 2.05) is 0 Å². The number of rotatable bonds is 5. The van der Waals surface area contributed by atoms with Crippen molar-refractivity contribution in [2.45, 2.75) is 65.8 Å². The van der Waals surface area contributed by atoms with Crippen LogP contribution in [0.25, 0.3) is 0 Å². The lowest BCUT2D eigenvalue weighted by molar-refractivity contribution is 0.216. The molecule has 1 heterocycles. The number of hydrogen-bond acceptors (Lipinski definition) is 4. The first-order valence-electron chi connectivity index (χ1n) is 7.86. The number of anilines is 2. The molecule has 0 bridgehead atoms. The normalized spacial score (nSPS) is 21.5. The Morgan fingerprint density at radius 3 is 2.70 bits per heavy atom. The largest absolute Gasteiger partial charge is 0.370 e. The van der Waals surface area contributed by atoms with Gasteiger partial charge in [0.05, 0.1) is 0 Å². The smallest absolute Gasteiger partial charge is 0.134 e. The summed E-state index contributed by atoms with van der Waals surface area (Å²) < 4.78 is 0. The van der Waals surface area contributed by atoms with Gasteiger partial charge in [-0.05, 0) is 31.6 Å². The lowest BCUT2D eigenvalue weighted by Gasteiger charge is -2.39. The summed E-state index contributed by atoms with van der Waals surface area (Å²) in [6, 6.07) is 0.504. The SMILES string of the molecule is CCCNc1ncnc(NC2CCCCC2(C)C)c1C. The summed E-state index contributed by atoms with van der Waals surface area (Å²) in [6.07, 6.45) is 7.93. The molecule has 1 aliphatic rings. The van der Waals surface area contributed by atoms with Crippen LogP contribution in [0.2, 0.25) is 0 Å². The van der Waals surface area contributed by atoms with Crippen molar-refractivity contribution in [3.63, 3.8) is 0 Å². The Labute approximate surface area is 122 Å². The minimum atomic E-state index is 0.340. The van der Waals surface area contributed by atoms with Crippen LogP contribution < -0.4 is 10.6 Å². The summed E-state index contributed by atoms with van der Waals surface area (Å²) in [5.41, 5.74) is 1.47. The van der Waals surface area contributed by atoms with Crippen molar-refractivity contribution in [2.75, 3.05) is 17.2 Å². The van der Waals surface area contributed by atoms with Gasteiger partial charge in [0.25, 0.3) is 0 Å². The maximum atomic E-state index is 4.44. The van der Waals surface area contributed by atoms with E-state index in [1.165, 1.54) is 25.7 Å². The number of nitrogens with zero attached hydrogens (tertiary/aromatic N) is 2. The molecule has 1 atom stereocenters. The Morgan fingerprint density at radius 1 is 1.25 bits per heavy atom. The first-order valence-corrected chi connectivity index (χ1v) is 7.86. The molecule has 0 amide bonds. The Bertz CT molecular complexity index is 442. The van der Waals surface area contributed by atoms with Crippen LogP contribution in [0.3, 0.4) is 0 Å². The Morgan fingerprint density at radius 2 is 2.00 bits per heavy atom. The molecule has 0 aromatic carbocycles. The van der Waals surface area contributed by atoms with E-state index in [0.29, 0.717) is 11.5 Å². The molecule has 1 aromatic heterocycles. The van der Waals surface area contributed by atoms with Crippen molar-refractivity contribution in [3.05, 3.63) is 11.9 Å². The van der Waals surface area contributed by atoms with E-state index in [4.69, 9.17) is 0 Å². The van der Waals surface area contributed by atoms with Gasteiger partial charge in [0.2, 0.25) is 0 Å². The summed E-state index contributed by atoms with van der Waals surface area (Å²) in [6.45, 7) is 9.92. The number of aromatic nitrogens is 2. The second kappa shape index (κ2) is 6.42. The number of nitrogens with one attached hydrogen (secondary N) is 2. The molecule has 1 aliphatic carbocycles. The fourth-order valence-electron chi connectivity index (χ4n) is 2.94. The molecule has 2 rings (SSSR count). The molecule has 0 saturated heterocycles. The second-order valence-electron chi connectivity index (χ2n) is 6.55. The average molecular weight is 276 g/mol. The topological polar surface area (TPSA) is 49.8 Å². The van der Waals surface area contributed by atoms with Crippen molar-refractivity contribution in [2.24, 2.45) is 5.41 Å². The fraction of sp³-hybridized carbons (Fsp3) is 0.750. The summed E-state index contributed by atoms with van der Waals surface area (Å²) in [5.74, 6) is 1.94. The van der Waals surface area contributed by atoms with Crippen molar-refractivity contribution in [3.8, 4) is 0 Å². The van der Waals surface area contributed by atoms with Gasteiger partial charge in [-0.2, -0.15) is 0 Å². The molecule has 0 radical (unpaired) electrons. The van der Waals surface area contributed by atoms with Gasteiger partial charge < -0.3 is 10.6 Å². The highest BCUT2D eigenvalue weighted by Crippen LogP contribution is 2.37. The zero-order valence-corrected chi connectivity index (χ0v) is 13.3.